The van der Waals surface area contributed by atoms with Gasteiger partial charge in [-0.15, -0.1) is 11.3 Å². The lowest BCUT2D eigenvalue weighted by Gasteiger charge is -2.13. The minimum absolute atomic E-state index is 0.0593. The number of carbonyl (C=O) groups is 2. The number of nitrogens with one attached hydrogen (secondary N) is 2. The summed E-state index contributed by atoms with van der Waals surface area (Å²) in [5, 5.41) is 5.16. The average Bonchev–Trinajstić information content (AvgIpc) is 3.18. The second-order valence-corrected chi connectivity index (χ2v) is 9.74. The summed E-state index contributed by atoms with van der Waals surface area (Å²) in [6, 6.07) is 12.0. The molecule has 7 nitrogen and oxygen atoms in total. The number of hydrogen-bond acceptors (Lipinski definition) is 5. The number of para-hydroxylation sites is 1. The van der Waals surface area contributed by atoms with Crippen LogP contribution in [0, 0.1) is 6.92 Å². The van der Waals surface area contributed by atoms with Gasteiger partial charge in [0.2, 0.25) is 5.91 Å². The Kier molecular flexibility index (Phi) is 7.17. The lowest BCUT2D eigenvalue weighted by molar-refractivity contribution is -0.136. The van der Waals surface area contributed by atoms with Crippen molar-refractivity contribution in [2.75, 3.05) is 10.6 Å². The van der Waals surface area contributed by atoms with Crippen LogP contribution in [0.25, 0.3) is 10.2 Å². The SMILES string of the molecule is Cc1c(C(=O)Nc2ccccc2C(F)(F)F)sc2ncn(CC(=O)Nc3ccc(C(C)C)cc3)c(=O)c12. The molecule has 0 spiro atoms. The Labute approximate surface area is 214 Å². The second-order valence-electron chi connectivity index (χ2n) is 8.74. The monoisotopic (exact) mass is 528 g/mol. The molecule has 0 aliphatic carbocycles. The first-order valence-corrected chi connectivity index (χ1v) is 12.1. The molecule has 2 aromatic heterocycles. The van der Waals surface area contributed by atoms with E-state index >= 15 is 0 Å². The maximum Gasteiger partial charge on any atom is 0.418 e. The van der Waals surface area contributed by atoms with E-state index in [9.17, 15) is 27.6 Å². The van der Waals surface area contributed by atoms with Crippen LogP contribution >= 0.6 is 11.3 Å². The van der Waals surface area contributed by atoms with E-state index in [2.05, 4.69) is 29.5 Å². The average molecular weight is 529 g/mol. The van der Waals surface area contributed by atoms with Crippen LogP contribution in [0.15, 0.2) is 59.7 Å². The third kappa shape index (κ3) is 5.56. The van der Waals surface area contributed by atoms with Crippen LogP contribution in [0.2, 0.25) is 0 Å². The van der Waals surface area contributed by atoms with Crippen LogP contribution in [0.1, 0.15) is 46.1 Å². The summed E-state index contributed by atoms with van der Waals surface area (Å²) in [6.45, 7) is 5.34. The maximum absolute atomic E-state index is 13.3. The number of amides is 2. The van der Waals surface area contributed by atoms with Gasteiger partial charge in [0.05, 0.1) is 27.8 Å². The molecule has 0 atom stereocenters. The molecule has 37 heavy (non-hydrogen) atoms. The molecular formula is C26H23F3N4O3S. The summed E-state index contributed by atoms with van der Waals surface area (Å²) < 4.78 is 41.0. The molecule has 0 saturated carbocycles. The molecule has 0 unspecified atom stereocenters. The van der Waals surface area contributed by atoms with Gasteiger partial charge in [-0.05, 0) is 48.2 Å². The quantitative estimate of drug-likeness (QED) is 0.331. The van der Waals surface area contributed by atoms with Gasteiger partial charge in [0.1, 0.15) is 11.4 Å². The van der Waals surface area contributed by atoms with E-state index in [4.69, 9.17) is 0 Å². The summed E-state index contributed by atoms with van der Waals surface area (Å²) in [4.78, 5) is 43.0. The Bertz CT molecular complexity index is 1540. The molecule has 0 aliphatic rings. The molecule has 2 aromatic carbocycles. The van der Waals surface area contributed by atoms with Crippen molar-refractivity contribution in [3.63, 3.8) is 0 Å². The summed E-state index contributed by atoms with van der Waals surface area (Å²) in [5.74, 6) is -0.873. The molecule has 2 amide bonds. The van der Waals surface area contributed by atoms with Crippen LogP contribution in [0.3, 0.4) is 0 Å². The van der Waals surface area contributed by atoms with Gasteiger partial charge in [-0.3, -0.25) is 19.0 Å². The minimum atomic E-state index is -4.65. The standard InChI is InChI=1S/C26H23F3N4O3S/c1-14(2)16-8-10-17(11-9-16)31-20(34)12-33-13-30-24-21(25(33)36)15(3)22(37-24)23(35)32-19-7-5-4-6-18(19)26(27,28)29/h4-11,13-14H,12H2,1-3H3,(H,31,34)(H,32,35). The summed E-state index contributed by atoms with van der Waals surface area (Å²) in [6.07, 6.45) is -3.44. The number of halogens is 3. The first-order chi connectivity index (χ1) is 17.5. The Morgan fingerprint density at radius 3 is 2.38 bits per heavy atom. The van der Waals surface area contributed by atoms with Crippen LogP contribution in [0.4, 0.5) is 24.5 Å². The zero-order valence-electron chi connectivity index (χ0n) is 20.1. The van der Waals surface area contributed by atoms with Crippen LogP contribution in [-0.2, 0) is 17.5 Å². The summed E-state index contributed by atoms with van der Waals surface area (Å²) in [7, 11) is 0. The normalized spacial score (nSPS) is 11.6. The van der Waals surface area contributed by atoms with Gasteiger partial charge in [-0.1, -0.05) is 38.1 Å². The predicted octanol–water partition coefficient (Wildman–Crippen LogP) is 5.80. The van der Waals surface area contributed by atoms with Gasteiger partial charge in [-0.25, -0.2) is 4.98 Å². The smallest absolute Gasteiger partial charge is 0.325 e. The predicted molar refractivity (Wildman–Crippen MR) is 137 cm³/mol. The zero-order valence-corrected chi connectivity index (χ0v) is 21.0. The third-order valence-electron chi connectivity index (χ3n) is 5.78. The number of alkyl halides is 3. The van der Waals surface area contributed by atoms with Gasteiger partial charge < -0.3 is 10.6 Å². The van der Waals surface area contributed by atoms with E-state index < -0.39 is 29.1 Å². The van der Waals surface area contributed by atoms with Gasteiger partial charge in [0.25, 0.3) is 11.5 Å². The molecule has 4 rings (SSSR count). The highest BCUT2D eigenvalue weighted by Crippen LogP contribution is 2.35. The van der Waals surface area contributed by atoms with Crippen molar-refractivity contribution in [1.82, 2.24) is 9.55 Å². The Balaban J connectivity index is 1.56. The van der Waals surface area contributed by atoms with Crippen LogP contribution < -0.4 is 16.2 Å². The van der Waals surface area contributed by atoms with Crippen molar-refractivity contribution < 1.29 is 22.8 Å². The van der Waals surface area contributed by atoms with Crippen molar-refractivity contribution in [3.05, 3.63) is 86.8 Å². The summed E-state index contributed by atoms with van der Waals surface area (Å²) in [5.41, 5.74) is 0.0879. The Hall–Kier alpha value is -3.99. The number of carbonyl (C=O) groups excluding carboxylic acids is 2. The van der Waals surface area contributed by atoms with E-state index in [1.54, 1.807) is 12.1 Å². The van der Waals surface area contributed by atoms with Crippen molar-refractivity contribution in [1.29, 1.82) is 0 Å². The molecule has 4 aromatic rings. The lowest BCUT2D eigenvalue weighted by Crippen LogP contribution is -2.28. The van der Waals surface area contributed by atoms with E-state index in [0.29, 0.717) is 11.6 Å². The number of aryl methyl sites for hydroxylation is 1. The van der Waals surface area contributed by atoms with Crippen molar-refractivity contribution in [2.24, 2.45) is 0 Å². The first-order valence-electron chi connectivity index (χ1n) is 11.3. The zero-order chi connectivity index (χ0) is 26.9. The number of anilines is 2. The molecule has 2 heterocycles. The van der Waals surface area contributed by atoms with E-state index in [-0.39, 0.29) is 32.9 Å². The van der Waals surface area contributed by atoms with E-state index in [1.165, 1.54) is 25.4 Å². The molecule has 0 radical (unpaired) electrons. The molecule has 11 heteroatoms. The van der Waals surface area contributed by atoms with E-state index in [1.807, 2.05) is 12.1 Å². The fraction of sp³-hybridized carbons (Fsp3) is 0.231. The number of nitrogens with zero attached hydrogens (tertiary/aromatic N) is 2. The largest absolute Gasteiger partial charge is 0.418 e. The molecule has 0 bridgehead atoms. The number of rotatable bonds is 6. The highest BCUT2D eigenvalue weighted by Gasteiger charge is 2.34. The minimum Gasteiger partial charge on any atom is -0.325 e. The van der Waals surface area contributed by atoms with E-state index in [0.717, 1.165) is 33.6 Å². The number of benzene rings is 2. The second kappa shape index (κ2) is 10.2. The molecular weight excluding hydrogens is 505 g/mol. The highest BCUT2D eigenvalue weighted by molar-refractivity contribution is 7.20. The number of hydrogen-bond donors (Lipinski definition) is 2. The number of fused-ring (bicyclic) bond motifs is 1. The van der Waals surface area contributed by atoms with Crippen molar-refractivity contribution in [2.45, 2.75) is 39.4 Å². The van der Waals surface area contributed by atoms with Crippen molar-refractivity contribution >= 4 is 44.7 Å². The van der Waals surface area contributed by atoms with Gasteiger partial charge >= 0.3 is 6.18 Å². The lowest BCUT2D eigenvalue weighted by atomic mass is 10.0. The van der Waals surface area contributed by atoms with Gasteiger partial charge in [-0.2, -0.15) is 13.2 Å². The summed E-state index contributed by atoms with van der Waals surface area (Å²) >= 11 is 0.894. The molecule has 2 N–H and O–H groups in total. The number of aromatic nitrogens is 2. The van der Waals surface area contributed by atoms with Gasteiger partial charge in [0, 0.05) is 5.69 Å². The van der Waals surface area contributed by atoms with Gasteiger partial charge in [0.15, 0.2) is 0 Å². The molecule has 0 aliphatic heterocycles. The topological polar surface area (TPSA) is 93.1 Å². The highest BCUT2D eigenvalue weighted by atomic mass is 32.1. The fourth-order valence-electron chi connectivity index (χ4n) is 3.81. The number of thiophene rings is 1. The maximum atomic E-state index is 13.3. The third-order valence-corrected chi connectivity index (χ3v) is 6.98. The van der Waals surface area contributed by atoms with Crippen LogP contribution in [-0.4, -0.2) is 21.4 Å². The fourth-order valence-corrected chi connectivity index (χ4v) is 4.85. The molecule has 0 saturated heterocycles. The molecule has 0 fully saturated rings. The van der Waals surface area contributed by atoms with Crippen LogP contribution in [0.5, 0.6) is 0 Å². The molecule has 192 valence electrons. The first kappa shape index (κ1) is 26.1. The van der Waals surface area contributed by atoms with Crippen molar-refractivity contribution in [3.8, 4) is 0 Å². The Morgan fingerprint density at radius 1 is 1.05 bits per heavy atom. The Morgan fingerprint density at radius 2 is 1.73 bits per heavy atom.